The summed E-state index contributed by atoms with van der Waals surface area (Å²) < 4.78 is 11.0. The number of hydrogen-bond acceptors (Lipinski definition) is 5. The Hall–Kier alpha value is -4.65. The fraction of sp³-hybridized carbons (Fsp3) is 0.194. The number of nitrogens with one attached hydrogen (secondary N) is 1. The molecule has 1 N–H and O–H groups in total. The molecule has 5 rings (SSSR count). The van der Waals surface area contributed by atoms with Crippen molar-refractivity contribution in [3.63, 3.8) is 0 Å². The van der Waals surface area contributed by atoms with Crippen molar-refractivity contribution in [2.24, 2.45) is 0 Å². The van der Waals surface area contributed by atoms with Crippen LogP contribution in [0.4, 0.5) is 11.4 Å². The zero-order valence-corrected chi connectivity index (χ0v) is 21.7. The van der Waals surface area contributed by atoms with Gasteiger partial charge in [-0.3, -0.25) is 14.6 Å². The van der Waals surface area contributed by atoms with E-state index in [1.807, 2.05) is 73.7 Å². The highest BCUT2D eigenvalue weighted by Gasteiger charge is 2.26. The fourth-order valence-electron chi connectivity index (χ4n) is 4.73. The molecule has 0 atom stereocenters. The number of rotatable bonds is 7. The number of nitrogens with zero attached hydrogens (tertiary/aromatic N) is 2. The smallest absolute Gasteiger partial charge is 0.256 e. The second-order valence-electron chi connectivity index (χ2n) is 9.21. The lowest BCUT2D eigenvalue weighted by Crippen LogP contribution is -2.30. The molecule has 0 aliphatic carbocycles. The van der Waals surface area contributed by atoms with Crippen molar-refractivity contribution in [2.45, 2.75) is 19.8 Å². The van der Waals surface area contributed by atoms with Crippen LogP contribution >= 0.6 is 0 Å². The number of ether oxygens (including phenoxy) is 2. The number of carbonyl (C=O) groups is 2. The molecule has 1 aromatic heterocycles. The Bertz CT molecular complexity index is 1480. The highest BCUT2D eigenvalue weighted by molar-refractivity contribution is 6.09. The fourth-order valence-corrected chi connectivity index (χ4v) is 4.73. The third-order valence-corrected chi connectivity index (χ3v) is 6.72. The second kappa shape index (κ2) is 10.8. The predicted octanol–water partition coefficient (Wildman–Crippen LogP) is 5.46. The minimum absolute atomic E-state index is 0.00676. The summed E-state index contributed by atoms with van der Waals surface area (Å²) in [6.45, 7) is 2.62. The van der Waals surface area contributed by atoms with E-state index in [1.54, 1.807) is 31.4 Å². The van der Waals surface area contributed by atoms with Crippen LogP contribution in [0.1, 0.15) is 27.2 Å². The third-order valence-electron chi connectivity index (χ3n) is 6.72. The molecule has 38 heavy (non-hydrogen) atoms. The number of anilines is 2. The van der Waals surface area contributed by atoms with Gasteiger partial charge in [-0.15, -0.1) is 0 Å². The summed E-state index contributed by atoms with van der Waals surface area (Å²) in [5, 5.41) is 3.03. The molecule has 1 aliphatic rings. The van der Waals surface area contributed by atoms with Gasteiger partial charge >= 0.3 is 0 Å². The summed E-state index contributed by atoms with van der Waals surface area (Å²) in [4.78, 5) is 32.5. The van der Waals surface area contributed by atoms with Crippen LogP contribution in [0.2, 0.25) is 0 Å². The monoisotopic (exact) mass is 507 g/mol. The first kappa shape index (κ1) is 25.0. The molecular formula is C31H29N3O4. The van der Waals surface area contributed by atoms with Gasteiger partial charge in [0.2, 0.25) is 5.91 Å². The summed E-state index contributed by atoms with van der Waals surface area (Å²) in [5.74, 6) is 0.770. The van der Waals surface area contributed by atoms with E-state index in [2.05, 4.69) is 10.3 Å². The van der Waals surface area contributed by atoms with Crippen molar-refractivity contribution < 1.29 is 19.1 Å². The van der Waals surface area contributed by atoms with Gasteiger partial charge in [-0.05, 0) is 72.5 Å². The van der Waals surface area contributed by atoms with Crippen LogP contribution in [0.3, 0.4) is 0 Å². The molecule has 192 valence electrons. The summed E-state index contributed by atoms with van der Waals surface area (Å²) in [5.41, 5.74) is 6.54. The Morgan fingerprint density at radius 2 is 1.71 bits per heavy atom. The first-order valence-corrected chi connectivity index (χ1v) is 12.4. The van der Waals surface area contributed by atoms with Crippen molar-refractivity contribution in [3.05, 3.63) is 101 Å². The maximum Gasteiger partial charge on any atom is 0.256 e. The van der Waals surface area contributed by atoms with Gasteiger partial charge in [0.15, 0.2) is 11.5 Å². The first-order valence-electron chi connectivity index (χ1n) is 12.4. The lowest BCUT2D eigenvalue weighted by molar-refractivity contribution is -0.117. The Kier molecular flexibility index (Phi) is 7.09. The van der Waals surface area contributed by atoms with E-state index < -0.39 is 0 Å². The molecule has 7 heteroatoms. The summed E-state index contributed by atoms with van der Waals surface area (Å²) in [6.07, 6.45) is 2.66. The molecule has 7 nitrogen and oxygen atoms in total. The molecule has 0 saturated carbocycles. The molecule has 0 spiro atoms. The van der Waals surface area contributed by atoms with Gasteiger partial charge in [0.1, 0.15) is 0 Å². The SMILES string of the molecule is COc1cc(C(=O)Nc2ccc3c(c2)CCN3C(=O)Cc2ccccn2)c(-c2ccc(C)cc2)cc1OC. The van der Waals surface area contributed by atoms with E-state index in [0.717, 1.165) is 40.1 Å². The van der Waals surface area contributed by atoms with Crippen molar-refractivity contribution in [2.75, 3.05) is 31.0 Å². The molecule has 0 unspecified atom stereocenters. The molecule has 2 heterocycles. The number of benzene rings is 3. The van der Waals surface area contributed by atoms with Gasteiger partial charge in [-0.25, -0.2) is 0 Å². The summed E-state index contributed by atoms with van der Waals surface area (Å²) >= 11 is 0. The van der Waals surface area contributed by atoms with E-state index in [4.69, 9.17) is 9.47 Å². The molecule has 3 aromatic carbocycles. The number of pyridine rings is 1. The van der Waals surface area contributed by atoms with Crippen LogP contribution in [0.5, 0.6) is 11.5 Å². The van der Waals surface area contributed by atoms with Gasteiger partial charge in [-0.1, -0.05) is 35.9 Å². The lowest BCUT2D eigenvalue weighted by Gasteiger charge is -2.18. The standard InChI is InChI=1S/C31H29N3O4/c1-20-7-9-21(10-8-20)25-18-28(37-2)29(38-3)19-26(25)31(36)33-24-11-12-27-22(16-24)13-15-34(27)30(35)17-23-6-4-5-14-32-23/h4-12,14,16,18-19H,13,15,17H2,1-3H3,(H,33,36). The summed E-state index contributed by atoms with van der Waals surface area (Å²) in [6, 6.07) is 22.7. The van der Waals surface area contributed by atoms with Gasteiger partial charge < -0.3 is 19.7 Å². The lowest BCUT2D eigenvalue weighted by atomic mass is 9.97. The number of fused-ring (bicyclic) bond motifs is 1. The maximum absolute atomic E-state index is 13.5. The molecule has 0 radical (unpaired) electrons. The Morgan fingerprint density at radius 3 is 2.42 bits per heavy atom. The van der Waals surface area contributed by atoms with Gasteiger partial charge in [0, 0.05) is 29.8 Å². The van der Waals surface area contributed by atoms with Gasteiger partial charge in [-0.2, -0.15) is 0 Å². The Labute approximate surface area is 222 Å². The molecule has 0 bridgehead atoms. The van der Waals surface area contributed by atoms with Crippen molar-refractivity contribution in [1.29, 1.82) is 0 Å². The van der Waals surface area contributed by atoms with E-state index in [-0.39, 0.29) is 18.2 Å². The number of methoxy groups -OCH3 is 2. The van der Waals surface area contributed by atoms with Crippen LogP contribution in [0.25, 0.3) is 11.1 Å². The molecule has 4 aromatic rings. The van der Waals surface area contributed by atoms with Crippen molar-refractivity contribution >= 4 is 23.2 Å². The van der Waals surface area contributed by atoms with E-state index >= 15 is 0 Å². The summed E-state index contributed by atoms with van der Waals surface area (Å²) in [7, 11) is 3.12. The van der Waals surface area contributed by atoms with Crippen molar-refractivity contribution in [3.8, 4) is 22.6 Å². The molecular weight excluding hydrogens is 478 g/mol. The first-order chi connectivity index (χ1) is 18.5. The minimum atomic E-state index is -0.262. The number of amides is 2. The van der Waals surface area contributed by atoms with Crippen molar-refractivity contribution in [1.82, 2.24) is 4.98 Å². The molecule has 0 fully saturated rings. The van der Waals surface area contributed by atoms with Crippen LogP contribution in [0, 0.1) is 6.92 Å². The van der Waals surface area contributed by atoms with Gasteiger partial charge in [0.25, 0.3) is 5.91 Å². The number of aromatic nitrogens is 1. The van der Waals surface area contributed by atoms with E-state index in [1.165, 1.54) is 0 Å². The third kappa shape index (κ3) is 5.09. The van der Waals surface area contributed by atoms with Gasteiger partial charge in [0.05, 0.1) is 26.2 Å². The normalized spacial score (nSPS) is 12.1. The average molecular weight is 508 g/mol. The Balaban J connectivity index is 1.40. The molecule has 1 aliphatic heterocycles. The van der Waals surface area contributed by atoms with Crippen LogP contribution in [-0.4, -0.2) is 37.6 Å². The number of hydrogen-bond donors (Lipinski definition) is 1. The molecule has 0 saturated heterocycles. The topological polar surface area (TPSA) is 80.8 Å². The maximum atomic E-state index is 13.5. The van der Waals surface area contributed by atoms with Crippen LogP contribution in [-0.2, 0) is 17.6 Å². The predicted molar refractivity (Wildman–Crippen MR) is 148 cm³/mol. The largest absolute Gasteiger partial charge is 0.493 e. The van der Waals surface area contributed by atoms with E-state index in [0.29, 0.717) is 29.3 Å². The zero-order valence-electron chi connectivity index (χ0n) is 21.7. The minimum Gasteiger partial charge on any atom is -0.493 e. The second-order valence-corrected chi connectivity index (χ2v) is 9.21. The molecule has 2 amide bonds. The number of carbonyl (C=O) groups excluding carboxylic acids is 2. The highest BCUT2D eigenvalue weighted by Crippen LogP contribution is 2.37. The number of aryl methyl sites for hydroxylation is 1. The Morgan fingerprint density at radius 1 is 0.947 bits per heavy atom. The van der Waals surface area contributed by atoms with E-state index in [9.17, 15) is 9.59 Å². The quantitative estimate of drug-likeness (QED) is 0.359. The van der Waals surface area contributed by atoms with Crippen LogP contribution < -0.4 is 19.7 Å². The zero-order chi connectivity index (χ0) is 26.6. The van der Waals surface area contributed by atoms with Crippen LogP contribution in [0.15, 0.2) is 79.0 Å². The highest BCUT2D eigenvalue weighted by atomic mass is 16.5. The average Bonchev–Trinajstić information content (AvgIpc) is 3.37.